The Hall–Kier alpha value is -1.97. The molecule has 1 aromatic heterocycles. The lowest BCUT2D eigenvalue weighted by Gasteiger charge is -2.06. The summed E-state index contributed by atoms with van der Waals surface area (Å²) < 4.78 is 13.3. The second kappa shape index (κ2) is 4.70. The predicted octanol–water partition coefficient (Wildman–Crippen LogP) is 2.54. The number of anilines is 1. The lowest BCUT2D eigenvalue weighted by Crippen LogP contribution is -2.04. The molecular formula is C12H12FN3. The summed E-state index contributed by atoms with van der Waals surface area (Å²) in [4.78, 5) is 8.22. The lowest BCUT2D eigenvalue weighted by molar-refractivity contribution is 0.630. The summed E-state index contributed by atoms with van der Waals surface area (Å²) in [6.45, 7) is 2.32. The number of aryl methyl sites for hydroxylation is 1. The molecule has 0 atom stereocenters. The van der Waals surface area contributed by atoms with Crippen LogP contribution in [0.1, 0.15) is 11.5 Å². The average molecular weight is 217 g/mol. The molecule has 0 aliphatic heterocycles. The summed E-state index contributed by atoms with van der Waals surface area (Å²) in [5, 5.41) is 2.99. The third kappa shape index (κ3) is 2.53. The summed E-state index contributed by atoms with van der Waals surface area (Å²) in [6, 6.07) is 8.38. The second-order valence-corrected chi connectivity index (χ2v) is 3.43. The molecule has 1 N–H and O–H groups in total. The van der Waals surface area contributed by atoms with Crippen molar-refractivity contribution in [2.45, 2.75) is 13.5 Å². The lowest BCUT2D eigenvalue weighted by atomic mass is 10.3. The highest BCUT2D eigenvalue weighted by Crippen LogP contribution is 2.13. The van der Waals surface area contributed by atoms with Crippen LogP contribution in [-0.4, -0.2) is 9.97 Å². The van der Waals surface area contributed by atoms with Crippen molar-refractivity contribution in [3.63, 3.8) is 0 Å². The van der Waals surface area contributed by atoms with Gasteiger partial charge in [0.25, 0.3) is 0 Å². The van der Waals surface area contributed by atoms with Gasteiger partial charge in [-0.3, -0.25) is 0 Å². The van der Waals surface area contributed by atoms with Gasteiger partial charge in [0, 0.05) is 6.20 Å². The smallest absolute Gasteiger partial charge is 0.146 e. The van der Waals surface area contributed by atoms with Crippen LogP contribution in [0, 0.1) is 12.7 Å². The van der Waals surface area contributed by atoms with E-state index in [2.05, 4.69) is 15.3 Å². The van der Waals surface area contributed by atoms with Gasteiger partial charge in [0.1, 0.15) is 11.6 Å². The molecule has 2 aromatic rings. The molecule has 2 rings (SSSR count). The predicted molar refractivity (Wildman–Crippen MR) is 60.5 cm³/mol. The number of hydrogen-bond acceptors (Lipinski definition) is 3. The number of hydrogen-bond donors (Lipinski definition) is 1. The van der Waals surface area contributed by atoms with Crippen LogP contribution in [-0.2, 0) is 6.54 Å². The first-order chi connectivity index (χ1) is 7.75. The van der Waals surface area contributed by atoms with Gasteiger partial charge in [-0.25, -0.2) is 14.4 Å². The van der Waals surface area contributed by atoms with Gasteiger partial charge in [0.2, 0.25) is 0 Å². The Morgan fingerprint density at radius 3 is 2.81 bits per heavy atom. The SMILES string of the molecule is Cc1nccc(CNc2ccccc2F)n1. The molecule has 0 bridgehead atoms. The summed E-state index contributed by atoms with van der Waals surface area (Å²) >= 11 is 0. The molecule has 16 heavy (non-hydrogen) atoms. The van der Waals surface area contributed by atoms with E-state index in [4.69, 9.17) is 0 Å². The molecule has 82 valence electrons. The van der Waals surface area contributed by atoms with Crippen molar-refractivity contribution >= 4 is 5.69 Å². The molecule has 3 nitrogen and oxygen atoms in total. The van der Waals surface area contributed by atoms with Gasteiger partial charge in [-0.1, -0.05) is 12.1 Å². The average Bonchev–Trinajstić information content (AvgIpc) is 2.28. The number of benzene rings is 1. The summed E-state index contributed by atoms with van der Waals surface area (Å²) in [5.41, 5.74) is 1.33. The van der Waals surface area contributed by atoms with Crippen molar-refractivity contribution < 1.29 is 4.39 Å². The molecule has 0 spiro atoms. The molecule has 0 fully saturated rings. The molecule has 1 heterocycles. The minimum Gasteiger partial charge on any atom is -0.377 e. The monoisotopic (exact) mass is 217 g/mol. The van der Waals surface area contributed by atoms with Gasteiger partial charge < -0.3 is 5.32 Å². The number of rotatable bonds is 3. The Balaban J connectivity index is 2.05. The quantitative estimate of drug-likeness (QED) is 0.858. The maximum absolute atomic E-state index is 13.3. The van der Waals surface area contributed by atoms with Crippen molar-refractivity contribution in [1.29, 1.82) is 0 Å². The zero-order valence-electron chi connectivity index (χ0n) is 8.94. The highest BCUT2D eigenvalue weighted by atomic mass is 19.1. The zero-order valence-corrected chi connectivity index (χ0v) is 8.94. The van der Waals surface area contributed by atoms with Crippen LogP contribution in [0.4, 0.5) is 10.1 Å². The Morgan fingerprint density at radius 1 is 1.25 bits per heavy atom. The van der Waals surface area contributed by atoms with Crippen molar-refractivity contribution in [3.05, 3.63) is 53.9 Å². The van der Waals surface area contributed by atoms with Gasteiger partial charge in [0.05, 0.1) is 17.9 Å². The number of halogens is 1. The van der Waals surface area contributed by atoms with E-state index in [9.17, 15) is 4.39 Å². The largest absolute Gasteiger partial charge is 0.377 e. The molecule has 0 aliphatic rings. The molecular weight excluding hydrogens is 205 g/mol. The molecule has 0 unspecified atom stereocenters. The Bertz CT molecular complexity index is 485. The molecule has 4 heteroatoms. The van der Waals surface area contributed by atoms with Crippen molar-refractivity contribution in [3.8, 4) is 0 Å². The van der Waals surface area contributed by atoms with Crippen molar-refractivity contribution in [2.75, 3.05) is 5.32 Å². The van der Waals surface area contributed by atoms with E-state index in [0.29, 0.717) is 18.1 Å². The fourth-order valence-electron chi connectivity index (χ4n) is 1.39. The van der Waals surface area contributed by atoms with Crippen LogP contribution < -0.4 is 5.32 Å². The highest BCUT2D eigenvalue weighted by Gasteiger charge is 2.00. The van der Waals surface area contributed by atoms with Crippen molar-refractivity contribution in [2.24, 2.45) is 0 Å². The molecule has 0 saturated carbocycles. The van der Waals surface area contributed by atoms with E-state index in [-0.39, 0.29) is 5.82 Å². The molecule has 0 amide bonds. The van der Waals surface area contributed by atoms with E-state index >= 15 is 0 Å². The first-order valence-corrected chi connectivity index (χ1v) is 5.02. The molecule has 1 aromatic carbocycles. The Kier molecular flexibility index (Phi) is 3.10. The number of aromatic nitrogens is 2. The van der Waals surface area contributed by atoms with Crippen LogP contribution in [0.15, 0.2) is 36.5 Å². The maximum Gasteiger partial charge on any atom is 0.146 e. The Labute approximate surface area is 93.4 Å². The van der Waals surface area contributed by atoms with Crippen LogP contribution in [0.5, 0.6) is 0 Å². The van der Waals surface area contributed by atoms with Gasteiger partial charge >= 0.3 is 0 Å². The second-order valence-electron chi connectivity index (χ2n) is 3.43. The van der Waals surface area contributed by atoms with E-state index in [0.717, 1.165) is 5.69 Å². The Morgan fingerprint density at radius 2 is 2.06 bits per heavy atom. The van der Waals surface area contributed by atoms with Gasteiger partial charge in [-0.2, -0.15) is 0 Å². The molecule has 0 saturated heterocycles. The molecule has 0 radical (unpaired) electrons. The normalized spacial score (nSPS) is 10.1. The fourth-order valence-corrected chi connectivity index (χ4v) is 1.39. The van der Waals surface area contributed by atoms with E-state index in [1.54, 1.807) is 30.5 Å². The first-order valence-electron chi connectivity index (χ1n) is 5.02. The van der Waals surface area contributed by atoms with Crippen LogP contribution >= 0.6 is 0 Å². The van der Waals surface area contributed by atoms with E-state index < -0.39 is 0 Å². The van der Waals surface area contributed by atoms with E-state index in [1.165, 1.54) is 6.07 Å². The first kappa shape index (κ1) is 10.5. The topological polar surface area (TPSA) is 37.8 Å². The highest BCUT2D eigenvalue weighted by molar-refractivity contribution is 5.44. The summed E-state index contributed by atoms with van der Waals surface area (Å²) in [7, 11) is 0. The number of nitrogens with zero attached hydrogens (tertiary/aromatic N) is 2. The fraction of sp³-hybridized carbons (Fsp3) is 0.167. The maximum atomic E-state index is 13.3. The van der Waals surface area contributed by atoms with Crippen LogP contribution in [0.25, 0.3) is 0 Å². The van der Waals surface area contributed by atoms with Crippen molar-refractivity contribution in [1.82, 2.24) is 9.97 Å². The third-order valence-electron chi connectivity index (χ3n) is 2.17. The van der Waals surface area contributed by atoms with Crippen LogP contribution in [0.3, 0.4) is 0 Å². The van der Waals surface area contributed by atoms with Crippen LogP contribution in [0.2, 0.25) is 0 Å². The molecule has 0 aliphatic carbocycles. The minimum atomic E-state index is -0.256. The minimum absolute atomic E-state index is 0.256. The standard InChI is InChI=1S/C12H12FN3/c1-9-14-7-6-10(16-9)8-15-12-5-3-2-4-11(12)13/h2-7,15H,8H2,1H3. The van der Waals surface area contributed by atoms with Gasteiger partial charge in [-0.05, 0) is 25.1 Å². The van der Waals surface area contributed by atoms with Gasteiger partial charge in [-0.15, -0.1) is 0 Å². The third-order valence-corrected chi connectivity index (χ3v) is 2.17. The van der Waals surface area contributed by atoms with Gasteiger partial charge in [0.15, 0.2) is 0 Å². The zero-order chi connectivity index (χ0) is 11.4. The summed E-state index contributed by atoms with van der Waals surface area (Å²) in [6.07, 6.45) is 1.70. The number of nitrogens with one attached hydrogen (secondary N) is 1. The summed E-state index contributed by atoms with van der Waals surface area (Å²) in [5.74, 6) is 0.459. The number of para-hydroxylation sites is 1. The van der Waals surface area contributed by atoms with E-state index in [1.807, 2.05) is 6.92 Å².